The molecule has 37 heavy (non-hydrogen) atoms. The van der Waals surface area contributed by atoms with Crippen molar-refractivity contribution in [2.45, 2.75) is 58.5 Å². The van der Waals surface area contributed by atoms with E-state index < -0.39 is 68.5 Å². The van der Waals surface area contributed by atoms with Gasteiger partial charge in [-0.3, -0.25) is 14.4 Å². The molecule has 198 valence electrons. The molecule has 5 N–H and O–H groups in total. The topological polar surface area (TPSA) is 162 Å². The number of fused-ring (bicyclic) bond motifs is 3. The van der Waals surface area contributed by atoms with Crippen molar-refractivity contribution >= 4 is 17.3 Å². The molecule has 5 unspecified atom stereocenters. The largest absolute Gasteiger partial charge is 0.508 e. The monoisotopic (exact) mass is 512 g/mol. The van der Waals surface area contributed by atoms with E-state index >= 15 is 0 Å². The number of allylic oxidation sites excluding steroid dienone is 9. The Balaban J connectivity index is 2.46. The fourth-order valence-corrected chi connectivity index (χ4v) is 5.62. The first-order chi connectivity index (χ1) is 17.1. The highest BCUT2D eigenvalue weighted by Crippen LogP contribution is 2.66. The zero-order valence-corrected chi connectivity index (χ0v) is 21.6. The summed E-state index contributed by atoms with van der Waals surface area (Å²) in [5.74, 6) is -9.75. The molecule has 3 rings (SSSR count). The van der Waals surface area contributed by atoms with E-state index in [-0.39, 0.29) is 11.1 Å². The van der Waals surface area contributed by atoms with Crippen LogP contribution in [0.25, 0.3) is 0 Å². The summed E-state index contributed by atoms with van der Waals surface area (Å²) in [6, 6.07) is 0. The highest BCUT2D eigenvalue weighted by molar-refractivity contribution is 6.28. The molecule has 0 spiro atoms. The fraction of sp³-hybridized carbons (Fsp3) is 0.393. The van der Waals surface area contributed by atoms with Crippen LogP contribution in [0.1, 0.15) is 41.5 Å². The van der Waals surface area contributed by atoms with Crippen LogP contribution in [-0.2, 0) is 19.1 Å². The molecule has 0 bridgehead atoms. The number of carbonyl (C=O) groups excluding carboxylic acids is 3. The van der Waals surface area contributed by atoms with Crippen molar-refractivity contribution < 1.29 is 44.7 Å². The third-order valence-corrected chi connectivity index (χ3v) is 7.56. The Kier molecular flexibility index (Phi) is 6.89. The van der Waals surface area contributed by atoms with Gasteiger partial charge in [0.1, 0.15) is 28.5 Å². The number of ether oxygens (including phenoxy) is 1. The van der Waals surface area contributed by atoms with Gasteiger partial charge in [-0.2, -0.15) is 0 Å². The highest BCUT2D eigenvalue weighted by Gasteiger charge is 2.83. The van der Waals surface area contributed by atoms with Crippen LogP contribution in [0.5, 0.6) is 0 Å². The SMILES string of the molecule is C/C=C/C=C/C(O)=C1C(=O)C(C)(O)C2(O)OC3(C)C(=O)C(C)=C(O)C(=C(O)/C=C/C=C/C)C3C2(C)C1=O. The van der Waals surface area contributed by atoms with Crippen molar-refractivity contribution in [3.05, 3.63) is 82.6 Å². The molecule has 9 heteroatoms. The molecule has 2 fully saturated rings. The van der Waals surface area contributed by atoms with Gasteiger partial charge in [0.15, 0.2) is 17.2 Å². The standard InChI is InChI=1S/C28H32O9/c1-7-9-11-13-16(29)18-20(31)15(3)22(32)26(5)21(18)25(4)23(33)19(17(30)14-12-10-8-2)24(34)27(6,35)28(25,36)37-26/h7-14,21,29-31,35-36H,1-6H3/b9-7+,10-8+,13-11+,14-12+,18-16?,19-17?. The van der Waals surface area contributed by atoms with Gasteiger partial charge >= 0.3 is 0 Å². The van der Waals surface area contributed by atoms with E-state index in [1.807, 2.05) is 0 Å². The highest BCUT2D eigenvalue weighted by atomic mass is 16.7. The van der Waals surface area contributed by atoms with E-state index in [0.717, 1.165) is 13.0 Å². The Morgan fingerprint density at radius 2 is 1.35 bits per heavy atom. The molecule has 0 amide bonds. The van der Waals surface area contributed by atoms with E-state index in [1.54, 1.807) is 32.1 Å². The second kappa shape index (κ2) is 9.09. The summed E-state index contributed by atoms with van der Waals surface area (Å²) in [7, 11) is 0. The minimum Gasteiger partial charge on any atom is -0.508 e. The van der Waals surface area contributed by atoms with Crippen molar-refractivity contribution in [3.63, 3.8) is 0 Å². The smallest absolute Gasteiger partial charge is 0.217 e. The maximum atomic E-state index is 14.0. The van der Waals surface area contributed by atoms with Crippen LogP contribution in [0.4, 0.5) is 0 Å². The van der Waals surface area contributed by atoms with Crippen LogP contribution < -0.4 is 0 Å². The predicted octanol–water partition coefficient (Wildman–Crippen LogP) is 3.29. The summed E-state index contributed by atoms with van der Waals surface area (Å²) >= 11 is 0. The number of rotatable bonds is 4. The van der Waals surface area contributed by atoms with Crippen molar-refractivity contribution in [1.29, 1.82) is 0 Å². The summed E-state index contributed by atoms with van der Waals surface area (Å²) in [5, 5.41) is 55.9. The van der Waals surface area contributed by atoms with Crippen molar-refractivity contribution in [3.8, 4) is 0 Å². The second-order valence-corrected chi connectivity index (χ2v) is 9.85. The van der Waals surface area contributed by atoms with Gasteiger partial charge in [0, 0.05) is 17.1 Å². The lowest BCUT2D eigenvalue weighted by atomic mass is 9.52. The molecule has 3 aliphatic rings. The average Bonchev–Trinajstić information content (AvgIpc) is 3.03. The Hall–Kier alpha value is -3.53. The first kappa shape index (κ1) is 28.0. The molecule has 2 aliphatic carbocycles. The number of aliphatic hydroxyl groups is 5. The first-order valence-electron chi connectivity index (χ1n) is 11.7. The van der Waals surface area contributed by atoms with Crippen molar-refractivity contribution in [2.75, 3.05) is 0 Å². The Bertz CT molecular complexity index is 1290. The number of ketones is 3. The molecule has 0 aromatic rings. The molecule has 1 saturated carbocycles. The Morgan fingerprint density at radius 3 is 1.86 bits per heavy atom. The van der Waals surface area contributed by atoms with Crippen LogP contribution >= 0.6 is 0 Å². The van der Waals surface area contributed by atoms with Crippen LogP contribution in [-0.4, -0.2) is 59.9 Å². The van der Waals surface area contributed by atoms with Gasteiger partial charge in [0.2, 0.25) is 11.6 Å². The summed E-state index contributed by atoms with van der Waals surface area (Å²) < 4.78 is 5.82. The minimum atomic E-state index is -2.98. The van der Waals surface area contributed by atoms with E-state index in [9.17, 15) is 39.9 Å². The zero-order chi connectivity index (χ0) is 28.1. The Morgan fingerprint density at radius 1 is 0.838 bits per heavy atom. The zero-order valence-electron chi connectivity index (χ0n) is 21.6. The number of aliphatic hydroxyl groups excluding tert-OH is 3. The van der Waals surface area contributed by atoms with Crippen LogP contribution in [0.2, 0.25) is 0 Å². The summed E-state index contributed by atoms with van der Waals surface area (Å²) in [4.78, 5) is 40.8. The van der Waals surface area contributed by atoms with Gasteiger partial charge in [-0.05, 0) is 53.7 Å². The van der Waals surface area contributed by atoms with Gasteiger partial charge in [-0.15, -0.1) is 0 Å². The number of carbonyl (C=O) groups is 3. The van der Waals surface area contributed by atoms with Gasteiger partial charge in [0.05, 0.1) is 5.41 Å². The van der Waals surface area contributed by atoms with Crippen LogP contribution in [0, 0.1) is 11.3 Å². The van der Waals surface area contributed by atoms with Gasteiger partial charge < -0.3 is 30.3 Å². The quantitative estimate of drug-likeness (QED) is 0.165. The normalized spacial score (nSPS) is 39.5. The first-order valence-corrected chi connectivity index (χ1v) is 11.7. The molecular weight excluding hydrogens is 480 g/mol. The third kappa shape index (κ3) is 3.53. The molecule has 9 nitrogen and oxygen atoms in total. The molecule has 5 atom stereocenters. The third-order valence-electron chi connectivity index (χ3n) is 7.56. The van der Waals surface area contributed by atoms with E-state index in [4.69, 9.17) is 4.74 Å². The lowest BCUT2D eigenvalue weighted by Crippen LogP contribution is -2.72. The fourth-order valence-electron chi connectivity index (χ4n) is 5.62. The van der Waals surface area contributed by atoms with Gasteiger partial charge in [-0.1, -0.05) is 36.5 Å². The summed E-state index contributed by atoms with van der Waals surface area (Å²) in [6.07, 6.45) is 11.5. The molecule has 1 saturated heterocycles. The lowest BCUT2D eigenvalue weighted by Gasteiger charge is -2.50. The Labute approximate surface area is 214 Å². The number of Topliss-reactive ketones (excluding diaryl/α,β-unsaturated/α-hetero) is 3. The molecule has 1 heterocycles. The van der Waals surface area contributed by atoms with Crippen LogP contribution in [0.3, 0.4) is 0 Å². The van der Waals surface area contributed by atoms with E-state index in [2.05, 4.69) is 0 Å². The molecule has 0 aromatic carbocycles. The maximum Gasteiger partial charge on any atom is 0.217 e. The number of hydrogen-bond acceptors (Lipinski definition) is 9. The lowest BCUT2D eigenvalue weighted by molar-refractivity contribution is -0.313. The van der Waals surface area contributed by atoms with E-state index in [1.165, 1.54) is 45.1 Å². The van der Waals surface area contributed by atoms with Gasteiger partial charge in [0.25, 0.3) is 0 Å². The van der Waals surface area contributed by atoms with Gasteiger partial charge in [-0.25, -0.2) is 0 Å². The van der Waals surface area contributed by atoms with Crippen molar-refractivity contribution in [1.82, 2.24) is 0 Å². The van der Waals surface area contributed by atoms with Crippen molar-refractivity contribution in [2.24, 2.45) is 11.3 Å². The molecule has 0 aromatic heterocycles. The summed E-state index contributed by atoms with van der Waals surface area (Å²) in [5.41, 5.74) is -8.56. The average molecular weight is 513 g/mol. The van der Waals surface area contributed by atoms with E-state index in [0.29, 0.717) is 0 Å². The molecular formula is C28H32O9. The maximum absolute atomic E-state index is 14.0. The predicted molar refractivity (Wildman–Crippen MR) is 134 cm³/mol. The van der Waals surface area contributed by atoms with Crippen LogP contribution in [0.15, 0.2) is 82.6 Å². The summed E-state index contributed by atoms with van der Waals surface area (Å²) in [6.45, 7) is 8.07. The minimum absolute atomic E-state index is 0.211. The molecule has 1 aliphatic heterocycles. The second-order valence-electron chi connectivity index (χ2n) is 9.85. The number of hydrogen-bond donors (Lipinski definition) is 5. The molecule has 0 radical (unpaired) electrons.